The summed E-state index contributed by atoms with van der Waals surface area (Å²) in [6.07, 6.45) is 2.68. The molecule has 0 aliphatic heterocycles. The molecule has 0 saturated heterocycles. The molecule has 0 amide bonds. The SMILES string of the molecule is Cc1cc(CNC2CC2)c(C)cc1Cl. The highest BCUT2D eigenvalue weighted by atomic mass is 35.5. The van der Waals surface area contributed by atoms with Gasteiger partial charge in [-0.1, -0.05) is 17.7 Å². The van der Waals surface area contributed by atoms with Crippen molar-refractivity contribution in [2.45, 2.75) is 39.3 Å². The summed E-state index contributed by atoms with van der Waals surface area (Å²) in [4.78, 5) is 0. The van der Waals surface area contributed by atoms with Crippen LogP contribution in [0.15, 0.2) is 12.1 Å². The van der Waals surface area contributed by atoms with Crippen LogP contribution in [0.25, 0.3) is 0 Å². The molecule has 76 valence electrons. The first-order valence-electron chi connectivity index (χ1n) is 5.16. The van der Waals surface area contributed by atoms with Gasteiger partial charge < -0.3 is 5.32 Å². The van der Waals surface area contributed by atoms with Crippen LogP contribution >= 0.6 is 11.6 Å². The molecular formula is C12H16ClN. The zero-order chi connectivity index (χ0) is 10.1. The zero-order valence-corrected chi connectivity index (χ0v) is 9.49. The molecule has 1 N–H and O–H groups in total. The van der Waals surface area contributed by atoms with Crippen molar-refractivity contribution in [2.75, 3.05) is 0 Å². The quantitative estimate of drug-likeness (QED) is 0.806. The Labute approximate surface area is 90.5 Å². The summed E-state index contributed by atoms with van der Waals surface area (Å²) in [5.74, 6) is 0. The van der Waals surface area contributed by atoms with Gasteiger partial charge in [-0.3, -0.25) is 0 Å². The van der Waals surface area contributed by atoms with Gasteiger partial charge in [0.15, 0.2) is 0 Å². The third-order valence-electron chi connectivity index (χ3n) is 2.78. The molecule has 14 heavy (non-hydrogen) atoms. The van der Waals surface area contributed by atoms with Crippen LogP contribution in [0.1, 0.15) is 29.5 Å². The van der Waals surface area contributed by atoms with Crippen LogP contribution in [0.2, 0.25) is 5.02 Å². The largest absolute Gasteiger partial charge is 0.310 e. The maximum Gasteiger partial charge on any atom is 0.0438 e. The maximum absolute atomic E-state index is 6.04. The number of nitrogens with one attached hydrogen (secondary N) is 1. The minimum absolute atomic E-state index is 0.769. The number of hydrogen-bond acceptors (Lipinski definition) is 1. The molecule has 0 heterocycles. The average Bonchev–Trinajstić information content (AvgIpc) is 2.92. The van der Waals surface area contributed by atoms with Crippen LogP contribution in [0.4, 0.5) is 0 Å². The van der Waals surface area contributed by atoms with Crippen molar-refractivity contribution in [3.63, 3.8) is 0 Å². The molecule has 2 rings (SSSR count). The molecule has 1 aliphatic carbocycles. The molecule has 1 fully saturated rings. The molecule has 2 heteroatoms. The lowest BCUT2D eigenvalue weighted by molar-refractivity contribution is 0.685. The maximum atomic E-state index is 6.04. The molecule has 1 aromatic rings. The Hall–Kier alpha value is -0.530. The third-order valence-corrected chi connectivity index (χ3v) is 3.18. The Bertz CT molecular complexity index is 342. The van der Waals surface area contributed by atoms with E-state index in [1.165, 1.54) is 29.5 Å². The lowest BCUT2D eigenvalue weighted by Crippen LogP contribution is -2.16. The molecular weight excluding hydrogens is 194 g/mol. The van der Waals surface area contributed by atoms with Gasteiger partial charge in [-0.05, 0) is 49.4 Å². The van der Waals surface area contributed by atoms with Gasteiger partial charge in [-0.15, -0.1) is 0 Å². The summed E-state index contributed by atoms with van der Waals surface area (Å²) in [7, 11) is 0. The summed E-state index contributed by atoms with van der Waals surface area (Å²) in [6.45, 7) is 5.16. The first-order valence-corrected chi connectivity index (χ1v) is 5.53. The topological polar surface area (TPSA) is 12.0 Å². The molecule has 0 bridgehead atoms. The van der Waals surface area contributed by atoms with Crippen molar-refractivity contribution in [3.8, 4) is 0 Å². The second-order valence-electron chi connectivity index (χ2n) is 4.18. The van der Waals surface area contributed by atoms with E-state index in [4.69, 9.17) is 11.6 Å². The Morgan fingerprint density at radius 1 is 1.29 bits per heavy atom. The summed E-state index contributed by atoms with van der Waals surface area (Å²) in [5, 5.41) is 4.39. The van der Waals surface area contributed by atoms with Gasteiger partial charge in [-0.25, -0.2) is 0 Å². The second-order valence-corrected chi connectivity index (χ2v) is 4.59. The molecule has 1 saturated carbocycles. The average molecular weight is 210 g/mol. The van der Waals surface area contributed by atoms with Gasteiger partial charge >= 0.3 is 0 Å². The highest BCUT2D eigenvalue weighted by Crippen LogP contribution is 2.23. The Morgan fingerprint density at radius 2 is 2.00 bits per heavy atom. The number of hydrogen-bond donors (Lipinski definition) is 1. The van der Waals surface area contributed by atoms with E-state index in [-0.39, 0.29) is 0 Å². The van der Waals surface area contributed by atoms with E-state index in [9.17, 15) is 0 Å². The minimum atomic E-state index is 0.769. The number of halogens is 1. The number of aryl methyl sites for hydroxylation is 2. The summed E-state index contributed by atoms with van der Waals surface area (Å²) >= 11 is 6.04. The van der Waals surface area contributed by atoms with Crippen molar-refractivity contribution >= 4 is 11.6 Å². The summed E-state index contributed by atoms with van der Waals surface area (Å²) in [5.41, 5.74) is 3.83. The van der Waals surface area contributed by atoms with Crippen molar-refractivity contribution in [1.82, 2.24) is 5.32 Å². The van der Waals surface area contributed by atoms with Gasteiger partial charge in [-0.2, -0.15) is 0 Å². The van der Waals surface area contributed by atoms with E-state index in [1.54, 1.807) is 0 Å². The number of benzene rings is 1. The minimum Gasteiger partial charge on any atom is -0.310 e. The number of rotatable bonds is 3. The third kappa shape index (κ3) is 2.28. The Kier molecular flexibility index (Phi) is 2.80. The van der Waals surface area contributed by atoms with Crippen molar-refractivity contribution in [1.29, 1.82) is 0 Å². The lowest BCUT2D eigenvalue weighted by Gasteiger charge is -2.09. The molecule has 1 aromatic carbocycles. The van der Waals surface area contributed by atoms with Crippen molar-refractivity contribution < 1.29 is 0 Å². The molecule has 1 nitrogen and oxygen atoms in total. The fourth-order valence-corrected chi connectivity index (χ4v) is 1.79. The van der Waals surface area contributed by atoms with E-state index in [2.05, 4.69) is 31.3 Å². The predicted molar refractivity (Wildman–Crippen MR) is 60.8 cm³/mol. The monoisotopic (exact) mass is 209 g/mol. The molecule has 0 spiro atoms. The van der Waals surface area contributed by atoms with E-state index in [1.807, 2.05) is 0 Å². The fraction of sp³-hybridized carbons (Fsp3) is 0.500. The smallest absolute Gasteiger partial charge is 0.0438 e. The molecule has 1 aliphatic rings. The predicted octanol–water partition coefficient (Wildman–Crippen LogP) is 3.21. The summed E-state index contributed by atoms with van der Waals surface area (Å²) < 4.78 is 0. The standard InChI is InChI=1S/C12H16ClN/c1-8-6-12(13)9(2)5-10(8)7-14-11-3-4-11/h5-6,11,14H,3-4,7H2,1-2H3. The van der Waals surface area contributed by atoms with Crippen LogP contribution in [-0.2, 0) is 6.54 Å². The fourth-order valence-electron chi connectivity index (χ4n) is 1.57. The molecule has 0 atom stereocenters. The zero-order valence-electron chi connectivity index (χ0n) is 8.73. The van der Waals surface area contributed by atoms with Gasteiger partial charge in [0.25, 0.3) is 0 Å². The second kappa shape index (κ2) is 3.92. The molecule has 0 unspecified atom stereocenters. The molecule has 0 radical (unpaired) electrons. The first-order chi connectivity index (χ1) is 6.66. The molecule has 0 aromatic heterocycles. The highest BCUT2D eigenvalue weighted by molar-refractivity contribution is 6.31. The van der Waals surface area contributed by atoms with E-state index in [0.29, 0.717) is 0 Å². The van der Waals surface area contributed by atoms with Crippen LogP contribution in [0.3, 0.4) is 0 Å². The van der Waals surface area contributed by atoms with Gasteiger partial charge in [0.1, 0.15) is 0 Å². The highest BCUT2D eigenvalue weighted by Gasteiger charge is 2.20. The van der Waals surface area contributed by atoms with E-state index in [0.717, 1.165) is 17.6 Å². The van der Waals surface area contributed by atoms with Crippen molar-refractivity contribution in [2.24, 2.45) is 0 Å². The van der Waals surface area contributed by atoms with E-state index < -0.39 is 0 Å². The normalized spacial score (nSPS) is 15.9. The van der Waals surface area contributed by atoms with Crippen LogP contribution < -0.4 is 5.32 Å². The van der Waals surface area contributed by atoms with Crippen LogP contribution in [0.5, 0.6) is 0 Å². The Balaban J connectivity index is 2.10. The first kappa shape index (κ1) is 10.0. The lowest BCUT2D eigenvalue weighted by atomic mass is 10.1. The van der Waals surface area contributed by atoms with Crippen LogP contribution in [-0.4, -0.2) is 6.04 Å². The van der Waals surface area contributed by atoms with Gasteiger partial charge in [0.05, 0.1) is 0 Å². The van der Waals surface area contributed by atoms with Gasteiger partial charge in [0.2, 0.25) is 0 Å². The van der Waals surface area contributed by atoms with Crippen LogP contribution in [0, 0.1) is 13.8 Å². The van der Waals surface area contributed by atoms with Crippen molar-refractivity contribution in [3.05, 3.63) is 33.8 Å². The van der Waals surface area contributed by atoms with Gasteiger partial charge in [0, 0.05) is 17.6 Å². The summed E-state index contributed by atoms with van der Waals surface area (Å²) in [6, 6.07) is 5.01. The van der Waals surface area contributed by atoms with E-state index >= 15 is 0 Å². The Morgan fingerprint density at radius 3 is 2.64 bits per heavy atom.